The zero-order valence-electron chi connectivity index (χ0n) is 26.6. The highest BCUT2D eigenvalue weighted by Gasteiger charge is 2.41. The van der Waals surface area contributed by atoms with Crippen LogP contribution < -0.4 is 18.9 Å². The SMILES string of the molecule is COc1cc([C@H]2O[C@H](c3ccc(O[C@H](C)C(=O)c4ccccc4)c(OC)c3)[C@H](C)[C@H]2C)ccc1O[C@H](C)C(=O)c1ccccc1. The summed E-state index contributed by atoms with van der Waals surface area (Å²) < 4.78 is 30.1. The molecule has 1 aliphatic heterocycles. The second kappa shape index (κ2) is 14.0. The summed E-state index contributed by atoms with van der Waals surface area (Å²) in [5.74, 6) is 2.24. The third kappa shape index (κ3) is 6.89. The van der Waals surface area contributed by atoms with Gasteiger partial charge in [0, 0.05) is 11.1 Å². The van der Waals surface area contributed by atoms with Crippen molar-refractivity contribution in [3.05, 3.63) is 119 Å². The fourth-order valence-corrected chi connectivity index (χ4v) is 5.80. The number of carbonyl (C=O) groups excluding carboxylic acids is 2. The van der Waals surface area contributed by atoms with E-state index >= 15 is 0 Å². The molecular formula is C38H40O7. The van der Waals surface area contributed by atoms with Gasteiger partial charge in [0.25, 0.3) is 0 Å². The van der Waals surface area contributed by atoms with Gasteiger partial charge in [-0.2, -0.15) is 0 Å². The number of benzene rings is 4. The highest BCUT2D eigenvalue weighted by Crippen LogP contribution is 2.50. The summed E-state index contributed by atoms with van der Waals surface area (Å²) in [5.41, 5.74) is 3.12. The molecule has 1 heterocycles. The van der Waals surface area contributed by atoms with Crippen molar-refractivity contribution in [3.63, 3.8) is 0 Å². The van der Waals surface area contributed by atoms with Crippen LogP contribution in [-0.2, 0) is 4.74 Å². The quantitative estimate of drug-likeness (QED) is 0.150. The number of rotatable bonds is 12. The molecule has 7 nitrogen and oxygen atoms in total. The summed E-state index contributed by atoms with van der Waals surface area (Å²) in [5, 5.41) is 0. The van der Waals surface area contributed by atoms with Crippen LogP contribution in [0.25, 0.3) is 0 Å². The lowest BCUT2D eigenvalue weighted by Gasteiger charge is -2.21. The standard InChI is InChI=1S/C38H40O7/c1-23-24(2)38(30-18-20-32(34(22-30)42-6)44-26(4)36(40)28-15-11-8-12-16-28)45-37(23)29-17-19-31(33(21-29)41-5)43-25(3)35(39)27-13-9-7-10-14-27/h7-26,37-38H,1-6H3/t23-,24-,25-,26-,37+,38+/m1/s1. The minimum atomic E-state index is -0.681. The van der Waals surface area contributed by atoms with Gasteiger partial charge in [-0.15, -0.1) is 0 Å². The summed E-state index contributed by atoms with van der Waals surface area (Å²) in [4.78, 5) is 25.7. The van der Waals surface area contributed by atoms with E-state index < -0.39 is 12.2 Å². The normalized spacial score (nSPS) is 20.6. The summed E-state index contributed by atoms with van der Waals surface area (Å²) in [6.45, 7) is 7.84. The molecule has 1 fully saturated rings. The molecule has 4 aromatic rings. The van der Waals surface area contributed by atoms with Gasteiger partial charge in [0.05, 0.1) is 26.4 Å². The molecule has 1 saturated heterocycles. The van der Waals surface area contributed by atoms with Crippen LogP contribution in [-0.4, -0.2) is 38.0 Å². The number of Topliss-reactive ketones (excluding diaryl/α,β-unsaturated/α-hetero) is 2. The van der Waals surface area contributed by atoms with E-state index in [0.717, 1.165) is 11.1 Å². The van der Waals surface area contributed by atoms with Gasteiger partial charge >= 0.3 is 0 Å². The van der Waals surface area contributed by atoms with Gasteiger partial charge in [0.15, 0.2) is 35.2 Å². The molecule has 0 amide bonds. The minimum Gasteiger partial charge on any atom is -0.493 e. The van der Waals surface area contributed by atoms with Gasteiger partial charge < -0.3 is 23.7 Å². The average Bonchev–Trinajstić information content (AvgIpc) is 3.38. The molecule has 0 spiro atoms. The number of hydrogen-bond acceptors (Lipinski definition) is 7. The van der Waals surface area contributed by atoms with Crippen molar-refractivity contribution in [1.82, 2.24) is 0 Å². The predicted molar refractivity (Wildman–Crippen MR) is 173 cm³/mol. The van der Waals surface area contributed by atoms with Crippen molar-refractivity contribution < 1.29 is 33.3 Å². The van der Waals surface area contributed by atoms with Crippen molar-refractivity contribution in [2.75, 3.05) is 14.2 Å². The molecule has 0 bridgehead atoms. The summed E-state index contributed by atoms with van der Waals surface area (Å²) >= 11 is 0. The maximum absolute atomic E-state index is 12.9. The molecular weight excluding hydrogens is 568 g/mol. The predicted octanol–water partition coefficient (Wildman–Crippen LogP) is 8.09. The zero-order valence-corrected chi connectivity index (χ0v) is 26.6. The van der Waals surface area contributed by atoms with Crippen LogP contribution in [0.5, 0.6) is 23.0 Å². The monoisotopic (exact) mass is 608 g/mol. The summed E-state index contributed by atoms with van der Waals surface area (Å²) in [6, 6.07) is 29.7. The Morgan fingerprint density at radius 3 is 1.31 bits per heavy atom. The Balaban J connectivity index is 1.30. The largest absolute Gasteiger partial charge is 0.493 e. The second-order valence-corrected chi connectivity index (χ2v) is 11.5. The van der Waals surface area contributed by atoms with E-state index in [1.54, 1.807) is 52.3 Å². The van der Waals surface area contributed by atoms with E-state index in [2.05, 4.69) is 13.8 Å². The fraction of sp³-hybridized carbons (Fsp3) is 0.316. The molecule has 4 aromatic carbocycles. The first-order chi connectivity index (χ1) is 21.7. The van der Waals surface area contributed by atoms with Crippen LogP contribution in [0.15, 0.2) is 97.1 Å². The van der Waals surface area contributed by atoms with Gasteiger partial charge in [0.2, 0.25) is 11.6 Å². The van der Waals surface area contributed by atoms with Gasteiger partial charge in [-0.05, 0) is 61.1 Å². The van der Waals surface area contributed by atoms with Crippen LogP contribution in [0.3, 0.4) is 0 Å². The minimum absolute atomic E-state index is 0.102. The van der Waals surface area contributed by atoms with E-state index in [9.17, 15) is 9.59 Å². The molecule has 0 aliphatic carbocycles. The number of ether oxygens (including phenoxy) is 5. The Morgan fingerprint density at radius 2 is 0.956 bits per heavy atom. The van der Waals surface area contributed by atoms with Gasteiger partial charge in [-0.1, -0.05) is 86.6 Å². The first-order valence-electron chi connectivity index (χ1n) is 15.2. The van der Waals surface area contributed by atoms with Crippen LogP contribution in [0, 0.1) is 11.8 Å². The number of hydrogen-bond donors (Lipinski definition) is 0. The van der Waals surface area contributed by atoms with Gasteiger partial charge in [0.1, 0.15) is 0 Å². The number of ketones is 2. The first kappa shape index (κ1) is 31.8. The Labute approximate surface area is 265 Å². The van der Waals surface area contributed by atoms with Crippen LogP contribution >= 0.6 is 0 Å². The van der Waals surface area contributed by atoms with Crippen molar-refractivity contribution in [3.8, 4) is 23.0 Å². The lowest BCUT2D eigenvalue weighted by Crippen LogP contribution is -2.24. The van der Waals surface area contributed by atoms with Crippen LogP contribution in [0.1, 0.15) is 71.7 Å². The lowest BCUT2D eigenvalue weighted by atomic mass is 9.85. The Morgan fingerprint density at radius 1 is 0.578 bits per heavy atom. The molecule has 0 aromatic heterocycles. The molecule has 0 saturated carbocycles. The van der Waals surface area contributed by atoms with Gasteiger partial charge in [-0.3, -0.25) is 9.59 Å². The summed E-state index contributed by atoms with van der Waals surface area (Å²) in [7, 11) is 3.17. The molecule has 0 radical (unpaired) electrons. The fourth-order valence-electron chi connectivity index (χ4n) is 5.80. The van der Waals surface area contributed by atoms with Crippen molar-refractivity contribution in [2.45, 2.75) is 52.1 Å². The molecule has 1 aliphatic rings. The molecule has 0 unspecified atom stereocenters. The highest BCUT2D eigenvalue weighted by molar-refractivity contribution is 6.00. The molecule has 234 valence electrons. The number of methoxy groups -OCH3 is 2. The Hall–Kier alpha value is -4.62. The van der Waals surface area contributed by atoms with E-state index in [0.29, 0.717) is 34.1 Å². The average molecular weight is 609 g/mol. The smallest absolute Gasteiger partial charge is 0.202 e. The molecule has 5 rings (SSSR count). The Bertz CT molecular complexity index is 1500. The zero-order chi connectivity index (χ0) is 32.1. The maximum Gasteiger partial charge on any atom is 0.202 e. The lowest BCUT2D eigenvalue weighted by molar-refractivity contribution is 0.0287. The summed E-state index contributed by atoms with van der Waals surface area (Å²) in [6.07, 6.45) is -1.75. The van der Waals surface area contributed by atoms with E-state index in [1.165, 1.54) is 0 Å². The van der Waals surface area contributed by atoms with Crippen molar-refractivity contribution >= 4 is 11.6 Å². The maximum atomic E-state index is 12.9. The highest BCUT2D eigenvalue weighted by atomic mass is 16.5. The first-order valence-corrected chi connectivity index (χ1v) is 15.2. The van der Waals surface area contributed by atoms with Crippen LogP contribution in [0.2, 0.25) is 0 Å². The van der Waals surface area contributed by atoms with E-state index in [1.807, 2.05) is 72.8 Å². The van der Waals surface area contributed by atoms with Crippen LogP contribution in [0.4, 0.5) is 0 Å². The topological polar surface area (TPSA) is 80.3 Å². The molecule has 0 N–H and O–H groups in total. The van der Waals surface area contributed by atoms with Crippen molar-refractivity contribution in [2.24, 2.45) is 11.8 Å². The third-order valence-electron chi connectivity index (χ3n) is 8.57. The third-order valence-corrected chi connectivity index (χ3v) is 8.57. The van der Waals surface area contributed by atoms with E-state index in [-0.39, 0.29) is 35.6 Å². The number of carbonyl (C=O) groups is 2. The molecule has 45 heavy (non-hydrogen) atoms. The molecule has 6 atom stereocenters. The molecule has 7 heteroatoms. The van der Waals surface area contributed by atoms with Gasteiger partial charge in [-0.25, -0.2) is 0 Å². The second-order valence-electron chi connectivity index (χ2n) is 11.5. The Kier molecular flexibility index (Phi) is 9.89. The van der Waals surface area contributed by atoms with Crippen molar-refractivity contribution in [1.29, 1.82) is 0 Å². The van der Waals surface area contributed by atoms with E-state index in [4.69, 9.17) is 23.7 Å².